The molecule has 5 heteroatoms. The third kappa shape index (κ3) is 4.53. The van der Waals surface area contributed by atoms with Crippen LogP contribution in [0.4, 0.5) is 0 Å². The molecular formula is C24H30ClN3O. The van der Waals surface area contributed by atoms with Crippen LogP contribution >= 0.6 is 11.6 Å². The number of likely N-dealkylation sites (tertiary alicyclic amines) is 1. The number of piperidine rings is 1. The summed E-state index contributed by atoms with van der Waals surface area (Å²) in [6, 6.07) is 8.68. The summed E-state index contributed by atoms with van der Waals surface area (Å²) < 4.78 is 9.07. The average molecular weight is 412 g/mol. The maximum atomic E-state index is 6.75. The highest BCUT2D eigenvalue weighted by Gasteiger charge is 2.31. The number of ether oxygens (including phenoxy) is 1. The van der Waals surface area contributed by atoms with Crippen molar-refractivity contribution in [3.05, 3.63) is 52.6 Å². The van der Waals surface area contributed by atoms with Crippen molar-refractivity contribution in [1.82, 2.24) is 14.5 Å². The van der Waals surface area contributed by atoms with Gasteiger partial charge in [0.15, 0.2) is 0 Å². The van der Waals surface area contributed by atoms with Gasteiger partial charge in [0.05, 0.1) is 11.8 Å². The summed E-state index contributed by atoms with van der Waals surface area (Å²) in [7, 11) is 2.18. The van der Waals surface area contributed by atoms with E-state index in [4.69, 9.17) is 21.3 Å². The van der Waals surface area contributed by atoms with Crippen LogP contribution in [0.15, 0.2) is 24.3 Å². The molecule has 1 saturated heterocycles. The maximum Gasteiger partial charge on any atom is 0.144 e. The van der Waals surface area contributed by atoms with Gasteiger partial charge in [-0.25, -0.2) is 4.98 Å². The molecule has 4 rings (SSSR count). The average Bonchev–Trinajstić information content (AvgIpc) is 2.96. The van der Waals surface area contributed by atoms with Gasteiger partial charge in [-0.15, -0.1) is 11.6 Å². The first-order chi connectivity index (χ1) is 14.2. The molecule has 154 valence electrons. The zero-order valence-corrected chi connectivity index (χ0v) is 18.2. The second-order valence-corrected chi connectivity index (χ2v) is 8.50. The second-order valence-electron chi connectivity index (χ2n) is 8.12. The molecule has 0 amide bonds. The monoisotopic (exact) mass is 411 g/mol. The second kappa shape index (κ2) is 9.34. The number of fused-ring (bicyclic) bond motifs is 2. The normalized spacial score (nSPS) is 19.8. The fraction of sp³-hybridized carbons (Fsp3) is 0.542. The summed E-state index contributed by atoms with van der Waals surface area (Å²) in [6.07, 6.45) is 5.00. The molecule has 0 aliphatic carbocycles. The van der Waals surface area contributed by atoms with Crippen LogP contribution in [0.3, 0.4) is 0 Å². The molecule has 4 nitrogen and oxygen atoms in total. The summed E-state index contributed by atoms with van der Waals surface area (Å²) in [4.78, 5) is 7.37. The SMILES string of the molecule is Cc1c(C#CCCCCl)nc2n1CCc1ccccc1C2OC1CCN(C)CC1. The van der Waals surface area contributed by atoms with Crippen molar-refractivity contribution in [1.29, 1.82) is 0 Å². The summed E-state index contributed by atoms with van der Waals surface area (Å²) in [5, 5.41) is 0. The number of halogens is 1. The highest BCUT2D eigenvalue weighted by atomic mass is 35.5. The fourth-order valence-electron chi connectivity index (χ4n) is 4.29. The lowest BCUT2D eigenvalue weighted by Gasteiger charge is -2.32. The van der Waals surface area contributed by atoms with Gasteiger partial charge in [-0.05, 0) is 56.7 Å². The van der Waals surface area contributed by atoms with E-state index in [2.05, 4.69) is 59.5 Å². The molecule has 29 heavy (non-hydrogen) atoms. The molecular weight excluding hydrogens is 382 g/mol. The molecule has 1 aromatic heterocycles. The Bertz CT molecular complexity index is 903. The van der Waals surface area contributed by atoms with Crippen molar-refractivity contribution < 1.29 is 4.74 Å². The molecule has 0 N–H and O–H groups in total. The van der Waals surface area contributed by atoms with Gasteiger partial charge in [-0.3, -0.25) is 0 Å². The summed E-state index contributed by atoms with van der Waals surface area (Å²) >= 11 is 5.78. The first kappa shape index (κ1) is 20.5. The Labute approximate surface area is 179 Å². The Morgan fingerprint density at radius 2 is 2.00 bits per heavy atom. The highest BCUT2D eigenvalue weighted by molar-refractivity contribution is 6.17. The molecule has 0 radical (unpaired) electrons. The molecule has 2 aromatic rings. The smallest absolute Gasteiger partial charge is 0.144 e. The van der Waals surface area contributed by atoms with E-state index in [1.54, 1.807) is 0 Å². The van der Waals surface area contributed by atoms with E-state index in [9.17, 15) is 0 Å². The third-order valence-corrected chi connectivity index (χ3v) is 6.33. The van der Waals surface area contributed by atoms with Gasteiger partial charge < -0.3 is 14.2 Å². The Balaban J connectivity index is 1.68. The largest absolute Gasteiger partial charge is 0.362 e. The summed E-state index contributed by atoms with van der Waals surface area (Å²) in [5.74, 6) is 8.17. The van der Waals surface area contributed by atoms with Crippen LogP contribution in [0, 0.1) is 18.8 Å². The molecule has 2 aliphatic rings. The van der Waals surface area contributed by atoms with Crippen molar-refractivity contribution in [3.63, 3.8) is 0 Å². The number of unbranched alkanes of at least 4 members (excludes halogenated alkanes) is 1. The van der Waals surface area contributed by atoms with Crippen LogP contribution < -0.4 is 0 Å². The lowest BCUT2D eigenvalue weighted by Crippen LogP contribution is -2.35. The predicted octanol–water partition coefficient (Wildman–Crippen LogP) is 4.32. The van der Waals surface area contributed by atoms with Crippen LogP contribution in [0.25, 0.3) is 0 Å². The Morgan fingerprint density at radius 1 is 1.21 bits per heavy atom. The van der Waals surface area contributed by atoms with Gasteiger partial charge >= 0.3 is 0 Å². The molecule has 1 unspecified atom stereocenters. The lowest BCUT2D eigenvalue weighted by atomic mass is 10.00. The molecule has 1 aromatic carbocycles. The fourth-order valence-corrected chi connectivity index (χ4v) is 4.43. The van der Waals surface area contributed by atoms with Gasteiger partial charge in [-0.2, -0.15) is 0 Å². The Kier molecular flexibility index (Phi) is 6.60. The minimum atomic E-state index is -0.126. The first-order valence-electron chi connectivity index (χ1n) is 10.7. The molecule has 0 bridgehead atoms. The minimum Gasteiger partial charge on any atom is -0.362 e. The van der Waals surface area contributed by atoms with Crippen molar-refractivity contribution in [2.75, 3.05) is 26.0 Å². The highest BCUT2D eigenvalue weighted by Crippen LogP contribution is 2.35. The molecule has 1 fully saturated rings. The Morgan fingerprint density at radius 3 is 2.79 bits per heavy atom. The van der Waals surface area contributed by atoms with Gasteiger partial charge in [0.2, 0.25) is 0 Å². The Hall–Kier alpha value is -1.80. The standard InChI is InChI=1S/C24H30ClN3O/c1-18-22(10-4-3-7-14-25)26-24-23(29-20-12-15-27(2)16-13-20)21-9-6-5-8-19(21)11-17-28(18)24/h5-6,8-9,20,23H,3,7,11-17H2,1-2H3. The number of imidazole rings is 1. The molecule has 2 aliphatic heterocycles. The van der Waals surface area contributed by atoms with Gasteiger partial charge in [0, 0.05) is 31.9 Å². The number of benzene rings is 1. The van der Waals surface area contributed by atoms with Crippen LogP contribution in [0.5, 0.6) is 0 Å². The van der Waals surface area contributed by atoms with E-state index in [0.29, 0.717) is 5.88 Å². The maximum absolute atomic E-state index is 6.75. The number of nitrogens with zero attached hydrogens (tertiary/aromatic N) is 3. The van der Waals surface area contributed by atoms with Crippen LogP contribution in [0.2, 0.25) is 0 Å². The van der Waals surface area contributed by atoms with E-state index in [-0.39, 0.29) is 12.2 Å². The van der Waals surface area contributed by atoms with Gasteiger partial charge in [0.25, 0.3) is 0 Å². The van der Waals surface area contributed by atoms with Crippen LogP contribution in [-0.4, -0.2) is 46.6 Å². The van der Waals surface area contributed by atoms with Gasteiger partial charge in [-0.1, -0.05) is 30.2 Å². The number of hydrogen-bond acceptors (Lipinski definition) is 3. The predicted molar refractivity (Wildman–Crippen MR) is 117 cm³/mol. The number of aromatic nitrogens is 2. The van der Waals surface area contributed by atoms with E-state index >= 15 is 0 Å². The molecule has 0 saturated carbocycles. The lowest BCUT2D eigenvalue weighted by molar-refractivity contribution is -0.0276. The van der Waals surface area contributed by atoms with E-state index in [1.807, 2.05) is 0 Å². The van der Waals surface area contributed by atoms with Crippen molar-refractivity contribution in [3.8, 4) is 11.8 Å². The van der Waals surface area contributed by atoms with Crippen molar-refractivity contribution in [2.45, 2.75) is 57.8 Å². The third-order valence-electron chi connectivity index (χ3n) is 6.06. The minimum absolute atomic E-state index is 0.126. The zero-order valence-electron chi connectivity index (χ0n) is 17.5. The number of rotatable bonds is 4. The van der Waals surface area contributed by atoms with Gasteiger partial charge in [0.1, 0.15) is 17.6 Å². The number of alkyl halides is 1. The van der Waals surface area contributed by atoms with E-state index < -0.39 is 0 Å². The quantitative estimate of drug-likeness (QED) is 0.426. The van der Waals surface area contributed by atoms with Crippen molar-refractivity contribution in [2.24, 2.45) is 0 Å². The topological polar surface area (TPSA) is 30.3 Å². The first-order valence-corrected chi connectivity index (χ1v) is 11.2. The van der Waals surface area contributed by atoms with E-state index in [0.717, 1.165) is 69.0 Å². The van der Waals surface area contributed by atoms with Crippen molar-refractivity contribution >= 4 is 11.6 Å². The molecule has 0 spiro atoms. The number of hydrogen-bond donors (Lipinski definition) is 0. The number of aryl methyl sites for hydroxylation is 1. The molecule has 1 atom stereocenters. The van der Waals surface area contributed by atoms with Crippen LogP contribution in [0.1, 0.15) is 60.1 Å². The summed E-state index contributed by atoms with van der Waals surface area (Å²) in [6.45, 7) is 5.22. The van der Waals surface area contributed by atoms with E-state index in [1.165, 1.54) is 11.1 Å². The molecule has 3 heterocycles. The zero-order chi connectivity index (χ0) is 20.2. The summed E-state index contributed by atoms with van der Waals surface area (Å²) in [5.41, 5.74) is 4.65. The van der Waals surface area contributed by atoms with Crippen LogP contribution in [-0.2, 0) is 17.7 Å².